The van der Waals surface area contributed by atoms with E-state index in [4.69, 9.17) is 0 Å². The van der Waals surface area contributed by atoms with Gasteiger partial charge < -0.3 is 0 Å². The molecule has 0 N–H and O–H groups in total. The molecule has 0 aromatic heterocycles. The predicted molar refractivity (Wildman–Crippen MR) is 77.5 cm³/mol. The van der Waals surface area contributed by atoms with Crippen molar-refractivity contribution in [3.63, 3.8) is 0 Å². The van der Waals surface area contributed by atoms with E-state index < -0.39 is 0 Å². The number of aryl methyl sites for hydroxylation is 1. The zero-order chi connectivity index (χ0) is 12.1. The van der Waals surface area contributed by atoms with Gasteiger partial charge in [0, 0.05) is 10.6 Å². The second-order valence-electron chi connectivity index (χ2n) is 3.92. The van der Waals surface area contributed by atoms with Crippen LogP contribution in [0.4, 0.5) is 0 Å². The minimum absolute atomic E-state index is 0.949. The van der Waals surface area contributed by atoms with E-state index in [0.29, 0.717) is 0 Å². The quantitative estimate of drug-likeness (QED) is 0.539. The highest BCUT2D eigenvalue weighted by Gasteiger charge is 2.06. The zero-order valence-corrected chi connectivity index (χ0v) is 10.8. The Hall–Kier alpha value is -1.47. The van der Waals surface area contributed by atoms with Crippen LogP contribution < -0.4 is 0 Å². The predicted octanol–water partition coefficient (Wildman–Crippen LogP) is 4.94. The summed E-state index contributed by atoms with van der Waals surface area (Å²) in [6, 6.07) is 17.0. The molecule has 0 heterocycles. The van der Waals surface area contributed by atoms with Crippen LogP contribution in [-0.2, 0) is 0 Å². The monoisotopic (exact) mass is 240 g/mol. The smallest absolute Gasteiger partial charge is 0.0183 e. The average molecular weight is 240 g/mol. The molecule has 0 fully saturated rings. The molecule has 0 aliphatic rings. The standard InChI is InChI=1S/C16H16S/c1-3-12-17-16-13(2)8-7-11-15(16)14-9-5-4-6-10-14/h3-11H,1,12H2,2H3. The number of hydrogen-bond donors (Lipinski definition) is 0. The molecule has 0 saturated carbocycles. The molecule has 2 aromatic carbocycles. The van der Waals surface area contributed by atoms with E-state index in [1.165, 1.54) is 21.6 Å². The second kappa shape index (κ2) is 5.74. The summed E-state index contributed by atoms with van der Waals surface area (Å²) in [5.41, 5.74) is 3.93. The van der Waals surface area contributed by atoms with Gasteiger partial charge in [-0.15, -0.1) is 18.3 Å². The molecule has 0 spiro atoms. The van der Waals surface area contributed by atoms with Crippen LogP contribution in [0.3, 0.4) is 0 Å². The highest BCUT2D eigenvalue weighted by atomic mass is 32.2. The number of rotatable bonds is 4. The summed E-state index contributed by atoms with van der Waals surface area (Å²) in [6.45, 7) is 5.95. The Labute approximate surface area is 107 Å². The first kappa shape index (κ1) is 12.0. The normalized spacial score (nSPS) is 10.2. The fraction of sp³-hybridized carbons (Fsp3) is 0.125. The van der Waals surface area contributed by atoms with Gasteiger partial charge in [0.25, 0.3) is 0 Å². The van der Waals surface area contributed by atoms with Gasteiger partial charge in [-0.3, -0.25) is 0 Å². The van der Waals surface area contributed by atoms with Crippen LogP contribution in [-0.4, -0.2) is 5.75 Å². The van der Waals surface area contributed by atoms with Crippen LogP contribution >= 0.6 is 11.8 Å². The summed E-state index contributed by atoms with van der Waals surface area (Å²) in [4.78, 5) is 1.36. The van der Waals surface area contributed by atoms with E-state index in [9.17, 15) is 0 Å². The maximum atomic E-state index is 3.79. The van der Waals surface area contributed by atoms with Gasteiger partial charge in [-0.25, -0.2) is 0 Å². The van der Waals surface area contributed by atoms with Crippen molar-refractivity contribution in [3.05, 3.63) is 66.7 Å². The van der Waals surface area contributed by atoms with Crippen LogP contribution in [0.1, 0.15) is 5.56 Å². The van der Waals surface area contributed by atoms with Gasteiger partial charge in [-0.05, 0) is 23.6 Å². The Morgan fingerprint density at radius 2 is 1.82 bits per heavy atom. The van der Waals surface area contributed by atoms with E-state index >= 15 is 0 Å². The first-order chi connectivity index (χ1) is 8.33. The first-order valence-corrected chi connectivity index (χ1v) is 6.70. The largest absolute Gasteiger partial charge is 0.121 e. The molecule has 0 nitrogen and oxygen atoms in total. The first-order valence-electron chi connectivity index (χ1n) is 5.71. The van der Waals surface area contributed by atoms with E-state index in [2.05, 4.69) is 62.0 Å². The molecule has 2 rings (SSSR count). The van der Waals surface area contributed by atoms with Crippen molar-refractivity contribution in [2.45, 2.75) is 11.8 Å². The number of thioether (sulfide) groups is 1. The summed E-state index contributed by atoms with van der Waals surface area (Å²) in [6.07, 6.45) is 1.95. The molecule has 2 aromatic rings. The van der Waals surface area contributed by atoms with Crippen LogP contribution in [0.25, 0.3) is 11.1 Å². The molecule has 0 aliphatic heterocycles. The molecule has 0 atom stereocenters. The minimum atomic E-state index is 0.949. The Kier molecular flexibility index (Phi) is 4.05. The maximum absolute atomic E-state index is 3.79. The van der Waals surface area contributed by atoms with Crippen LogP contribution in [0, 0.1) is 6.92 Å². The maximum Gasteiger partial charge on any atom is 0.0183 e. The van der Waals surface area contributed by atoms with Crippen molar-refractivity contribution >= 4 is 11.8 Å². The highest BCUT2D eigenvalue weighted by Crippen LogP contribution is 2.33. The number of hydrogen-bond acceptors (Lipinski definition) is 1. The molecule has 0 aliphatic carbocycles. The fourth-order valence-corrected chi connectivity index (χ4v) is 2.75. The molecule has 86 valence electrons. The van der Waals surface area contributed by atoms with Gasteiger partial charge >= 0.3 is 0 Å². The third-order valence-corrected chi connectivity index (χ3v) is 3.88. The lowest BCUT2D eigenvalue weighted by Gasteiger charge is -2.11. The van der Waals surface area contributed by atoms with Crippen LogP contribution in [0.5, 0.6) is 0 Å². The van der Waals surface area contributed by atoms with Crippen LogP contribution in [0.15, 0.2) is 66.1 Å². The molecule has 0 amide bonds. The average Bonchev–Trinajstić information content (AvgIpc) is 2.38. The van der Waals surface area contributed by atoms with E-state index in [1.54, 1.807) is 0 Å². The highest BCUT2D eigenvalue weighted by molar-refractivity contribution is 7.99. The van der Waals surface area contributed by atoms with Crippen molar-refractivity contribution in [2.24, 2.45) is 0 Å². The Bertz CT molecular complexity index is 500. The lowest BCUT2D eigenvalue weighted by Crippen LogP contribution is -1.87. The molecule has 0 bridgehead atoms. The molecule has 17 heavy (non-hydrogen) atoms. The number of benzene rings is 2. The lowest BCUT2D eigenvalue weighted by atomic mass is 10.0. The van der Waals surface area contributed by atoms with Gasteiger partial charge in [-0.2, -0.15) is 0 Å². The van der Waals surface area contributed by atoms with E-state index in [-0.39, 0.29) is 0 Å². The second-order valence-corrected chi connectivity index (χ2v) is 4.95. The van der Waals surface area contributed by atoms with Gasteiger partial charge in [0.1, 0.15) is 0 Å². The molecule has 1 heteroatoms. The van der Waals surface area contributed by atoms with Gasteiger partial charge in [0.2, 0.25) is 0 Å². The summed E-state index contributed by atoms with van der Waals surface area (Å²) in [7, 11) is 0. The SMILES string of the molecule is C=CCSc1c(C)cccc1-c1ccccc1. The summed E-state index contributed by atoms with van der Waals surface area (Å²) in [5, 5.41) is 0. The van der Waals surface area contributed by atoms with Crippen LogP contribution in [0.2, 0.25) is 0 Å². The Morgan fingerprint density at radius 1 is 1.06 bits per heavy atom. The van der Waals surface area contributed by atoms with E-state index in [0.717, 1.165) is 5.75 Å². The molecule has 0 radical (unpaired) electrons. The summed E-state index contributed by atoms with van der Waals surface area (Å²) in [5.74, 6) is 0.949. The van der Waals surface area contributed by atoms with Crippen molar-refractivity contribution in [1.82, 2.24) is 0 Å². The topological polar surface area (TPSA) is 0 Å². The van der Waals surface area contributed by atoms with Gasteiger partial charge in [0.15, 0.2) is 0 Å². The third kappa shape index (κ3) is 2.80. The van der Waals surface area contributed by atoms with Crippen molar-refractivity contribution < 1.29 is 0 Å². The van der Waals surface area contributed by atoms with Crippen molar-refractivity contribution in [3.8, 4) is 11.1 Å². The van der Waals surface area contributed by atoms with Crippen molar-refractivity contribution in [1.29, 1.82) is 0 Å². The summed E-state index contributed by atoms with van der Waals surface area (Å²) < 4.78 is 0. The minimum Gasteiger partial charge on any atom is -0.121 e. The molecular formula is C16H16S. The zero-order valence-electron chi connectivity index (χ0n) is 10.0. The molecule has 0 unspecified atom stereocenters. The fourth-order valence-electron chi connectivity index (χ4n) is 1.83. The van der Waals surface area contributed by atoms with Gasteiger partial charge in [0.05, 0.1) is 0 Å². The Morgan fingerprint density at radius 3 is 2.53 bits per heavy atom. The lowest BCUT2D eigenvalue weighted by molar-refractivity contribution is 1.30. The van der Waals surface area contributed by atoms with Gasteiger partial charge in [-0.1, -0.05) is 54.6 Å². The molecule has 0 saturated heterocycles. The van der Waals surface area contributed by atoms with Crippen molar-refractivity contribution in [2.75, 3.05) is 5.75 Å². The van der Waals surface area contributed by atoms with E-state index in [1.807, 2.05) is 17.8 Å². The molecular weight excluding hydrogens is 224 g/mol. The Balaban J connectivity index is 2.46. The summed E-state index contributed by atoms with van der Waals surface area (Å²) >= 11 is 1.85. The third-order valence-electron chi connectivity index (χ3n) is 2.64.